The Balaban J connectivity index is 2.75. The van der Waals surface area contributed by atoms with E-state index in [2.05, 4.69) is 45.0 Å². The largest absolute Gasteiger partial charge is 0.391 e. The predicted octanol–water partition coefficient (Wildman–Crippen LogP) is 2.65. The average Bonchev–Trinajstić information content (AvgIpc) is 2.60. The molecule has 0 unspecified atom stereocenters. The Hall–Kier alpha value is -1.46. The molecule has 3 nitrogen and oxygen atoms in total. The van der Waals surface area contributed by atoms with Gasteiger partial charge in [0.1, 0.15) is 0 Å². The van der Waals surface area contributed by atoms with Crippen molar-refractivity contribution in [3.8, 4) is 0 Å². The van der Waals surface area contributed by atoms with E-state index in [1.165, 1.54) is 0 Å². The maximum absolute atomic E-state index is 10.8. The van der Waals surface area contributed by atoms with Crippen molar-refractivity contribution in [3.63, 3.8) is 0 Å². The molecule has 0 saturated heterocycles. The van der Waals surface area contributed by atoms with Crippen LogP contribution in [0.25, 0.3) is 0 Å². The Kier molecular flexibility index (Phi) is 5.66. The van der Waals surface area contributed by atoms with Gasteiger partial charge in [-0.05, 0) is 21.8 Å². The molecule has 0 aromatic heterocycles. The van der Waals surface area contributed by atoms with Crippen LogP contribution in [0.3, 0.4) is 0 Å². The minimum atomic E-state index is -2.84. The van der Waals surface area contributed by atoms with E-state index in [9.17, 15) is 10.2 Å². The molecular formula is C20H28O3Si. The highest BCUT2D eigenvalue weighted by Gasteiger charge is 2.53. The number of aliphatic hydroxyl groups is 2. The van der Waals surface area contributed by atoms with E-state index in [1.54, 1.807) is 0 Å². The molecule has 0 aliphatic carbocycles. The molecule has 0 saturated carbocycles. The second kappa shape index (κ2) is 7.19. The summed E-state index contributed by atoms with van der Waals surface area (Å²) < 4.78 is 6.51. The Morgan fingerprint density at radius 1 is 0.875 bits per heavy atom. The molecule has 2 aromatic rings. The lowest BCUT2D eigenvalue weighted by Gasteiger charge is -2.47. The van der Waals surface area contributed by atoms with Gasteiger partial charge in [-0.1, -0.05) is 88.4 Å². The van der Waals surface area contributed by atoms with Crippen molar-refractivity contribution in [1.82, 2.24) is 0 Å². The van der Waals surface area contributed by atoms with Crippen LogP contribution in [0.15, 0.2) is 60.7 Å². The summed E-state index contributed by atoms with van der Waals surface area (Å²) in [5, 5.41) is 22.5. The van der Waals surface area contributed by atoms with Gasteiger partial charge in [0, 0.05) is 0 Å². The fourth-order valence-electron chi connectivity index (χ4n) is 3.15. The first-order chi connectivity index (χ1) is 11.3. The van der Waals surface area contributed by atoms with Gasteiger partial charge in [0.15, 0.2) is 5.79 Å². The molecular weight excluding hydrogens is 316 g/mol. The van der Waals surface area contributed by atoms with Gasteiger partial charge >= 0.3 is 0 Å². The van der Waals surface area contributed by atoms with E-state index in [-0.39, 0.29) is 5.04 Å². The molecule has 0 spiro atoms. The van der Waals surface area contributed by atoms with Crippen LogP contribution < -0.4 is 10.4 Å². The molecule has 0 aliphatic rings. The van der Waals surface area contributed by atoms with E-state index in [4.69, 9.17) is 4.43 Å². The fourth-order valence-corrected chi connectivity index (χ4v) is 7.86. The molecule has 2 N–H and O–H groups in total. The first kappa shape index (κ1) is 18.9. The number of benzene rings is 2. The maximum Gasteiger partial charge on any atom is 0.264 e. The normalized spacial score (nSPS) is 15.1. The minimum absolute atomic E-state index is 0.228. The summed E-state index contributed by atoms with van der Waals surface area (Å²) in [6, 6.07) is 20.2. The Morgan fingerprint density at radius 2 is 1.29 bits per heavy atom. The van der Waals surface area contributed by atoms with Crippen LogP contribution in [0.1, 0.15) is 34.1 Å². The van der Waals surface area contributed by atoms with Crippen LogP contribution in [-0.2, 0) is 4.43 Å². The van der Waals surface area contributed by atoms with Gasteiger partial charge in [-0.15, -0.1) is 0 Å². The molecule has 0 bridgehead atoms. The van der Waals surface area contributed by atoms with Crippen LogP contribution in [-0.4, -0.2) is 30.9 Å². The third kappa shape index (κ3) is 3.47. The molecule has 0 heterocycles. The van der Waals surface area contributed by atoms with Gasteiger partial charge in [0.05, 0.1) is 6.61 Å². The summed E-state index contributed by atoms with van der Waals surface area (Å²) in [4.78, 5) is 0. The summed E-state index contributed by atoms with van der Waals surface area (Å²) in [6.07, 6.45) is 0.327. The third-order valence-corrected chi connectivity index (χ3v) is 9.65. The lowest BCUT2D eigenvalue weighted by molar-refractivity contribution is -0.173. The smallest absolute Gasteiger partial charge is 0.264 e. The van der Waals surface area contributed by atoms with Gasteiger partial charge in [0.2, 0.25) is 0 Å². The second-order valence-corrected chi connectivity index (χ2v) is 11.4. The standard InChI is InChI=1S/C20H28O3Si/c1-5-20(22,16-21)23-24(19(2,3)4,17-12-8-6-9-13-17)18-14-10-7-11-15-18/h6-15,21-22H,5,16H2,1-4H3/t20-/m1/s1. The Morgan fingerprint density at radius 3 is 1.58 bits per heavy atom. The summed E-state index contributed by atoms with van der Waals surface area (Å²) in [5.41, 5.74) is 0. The lowest BCUT2D eigenvalue weighted by Crippen LogP contribution is -2.70. The van der Waals surface area contributed by atoms with Crippen LogP contribution in [0, 0.1) is 0 Å². The summed E-state index contributed by atoms with van der Waals surface area (Å²) >= 11 is 0. The number of hydrogen-bond donors (Lipinski definition) is 2. The van der Waals surface area contributed by atoms with Crippen molar-refractivity contribution in [2.24, 2.45) is 0 Å². The highest BCUT2D eigenvalue weighted by Crippen LogP contribution is 2.39. The molecule has 4 heteroatoms. The van der Waals surface area contributed by atoms with Crippen molar-refractivity contribution >= 4 is 18.7 Å². The van der Waals surface area contributed by atoms with Crippen molar-refractivity contribution in [2.75, 3.05) is 6.61 Å². The molecule has 1 atom stereocenters. The van der Waals surface area contributed by atoms with Crippen LogP contribution in [0.2, 0.25) is 5.04 Å². The van der Waals surface area contributed by atoms with Crippen LogP contribution >= 0.6 is 0 Å². The van der Waals surface area contributed by atoms with E-state index in [1.807, 2.05) is 43.3 Å². The van der Waals surface area contributed by atoms with Gasteiger partial charge in [-0.25, -0.2) is 0 Å². The van der Waals surface area contributed by atoms with E-state index >= 15 is 0 Å². The highest BCUT2D eigenvalue weighted by atomic mass is 28.4. The van der Waals surface area contributed by atoms with Crippen molar-refractivity contribution in [2.45, 2.75) is 44.9 Å². The van der Waals surface area contributed by atoms with Crippen molar-refractivity contribution in [1.29, 1.82) is 0 Å². The van der Waals surface area contributed by atoms with E-state index in [0.29, 0.717) is 6.42 Å². The zero-order chi connectivity index (χ0) is 17.8. The van der Waals surface area contributed by atoms with Gasteiger partial charge in [0.25, 0.3) is 8.32 Å². The summed E-state index contributed by atoms with van der Waals surface area (Å²) in [5.74, 6) is -1.55. The van der Waals surface area contributed by atoms with E-state index in [0.717, 1.165) is 10.4 Å². The van der Waals surface area contributed by atoms with Crippen LogP contribution in [0.4, 0.5) is 0 Å². The Bertz CT molecular complexity index is 591. The number of aliphatic hydroxyl groups excluding tert-OH is 1. The lowest BCUT2D eigenvalue weighted by atomic mass is 10.2. The molecule has 2 rings (SSSR count). The topological polar surface area (TPSA) is 49.7 Å². The number of hydrogen-bond acceptors (Lipinski definition) is 3. The van der Waals surface area contributed by atoms with E-state index < -0.39 is 20.7 Å². The first-order valence-electron chi connectivity index (χ1n) is 8.43. The summed E-state index contributed by atoms with van der Waals surface area (Å²) in [6.45, 7) is 7.84. The molecule has 0 radical (unpaired) electrons. The predicted molar refractivity (Wildman–Crippen MR) is 101 cm³/mol. The molecule has 0 fully saturated rings. The quantitative estimate of drug-likeness (QED) is 0.626. The average molecular weight is 345 g/mol. The second-order valence-electron chi connectivity index (χ2n) is 7.22. The van der Waals surface area contributed by atoms with Gasteiger partial charge in [-0.2, -0.15) is 0 Å². The first-order valence-corrected chi connectivity index (χ1v) is 10.3. The Labute approximate surface area is 146 Å². The fraction of sp³-hybridized carbons (Fsp3) is 0.400. The minimum Gasteiger partial charge on any atom is -0.391 e. The summed E-state index contributed by atoms with van der Waals surface area (Å²) in [7, 11) is -2.84. The monoisotopic (exact) mass is 344 g/mol. The molecule has 0 aliphatic heterocycles. The van der Waals surface area contributed by atoms with Gasteiger partial charge in [-0.3, -0.25) is 0 Å². The van der Waals surface area contributed by atoms with Crippen LogP contribution in [0.5, 0.6) is 0 Å². The third-order valence-electron chi connectivity index (χ3n) is 4.56. The highest BCUT2D eigenvalue weighted by molar-refractivity contribution is 6.99. The zero-order valence-corrected chi connectivity index (χ0v) is 16.0. The maximum atomic E-state index is 10.8. The molecule has 0 amide bonds. The van der Waals surface area contributed by atoms with Crippen molar-refractivity contribution in [3.05, 3.63) is 60.7 Å². The van der Waals surface area contributed by atoms with Gasteiger partial charge < -0.3 is 14.6 Å². The number of rotatable bonds is 6. The van der Waals surface area contributed by atoms with Crippen molar-refractivity contribution < 1.29 is 14.6 Å². The SMILES string of the molecule is CC[C@](O)(CO)O[Si](c1ccccc1)(c1ccccc1)C(C)(C)C. The molecule has 2 aromatic carbocycles. The molecule has 24 heavy (non-hydrogen) atoms. The molecule has 130 valence electrons. The zero-order valence-electron chi connectivity index (χ0n) is 15.0.